The van der Waals surface area contributed by atoms with E-state index < -0.39 is 31.0 Å². The second kappa shape index (κ2) is 5.03. The lowest BCUT2D eigenvalue weighted by atomic mass is 9.70. The average Bonchev–Trinajstić information content (AvgIpc) is 2.82. The summed E-state index contributed by atoms with van der Waals surface area (Å²) >= 11 is 0. The van der Waals surface area contributed by atoms with Gasteiger partial charge in [0.05, 0.1) is 6.10 Å². The van der Waals surface area contributed by atoms with Gasteiger partial charge in [-0.2, -0.15) is 0 Å². The average molecular weight is 297 g/mol. The van der Waals surface area contributed by atoms with E-state index in [4.69, 9.17) is 19.2 Å². The van der Waals surface area contributed by atoms with Crippen molar-refractivity contribution in [1.82, 2.24) is 0 Å². The van der Waals surface area contributed by atoms with Gasteiger partial charge in [0.1, 0.15) is 6.10 Å². The molecule has 2 aliphatic rings. The zero-order valence-corrected chi connectivity index (χ0v) is 11.5. The van der Waals surface area contributed by atoms with Crippen molar-refractivity contribution >= 4 is 12.2 Å². The standard InChI is InChI=1S/C13H18BO7/c1-8-2-4-9(5-3-8)14(18)20-12-13(17,21-14)11(16)10(19-12)6-7-15/h2-5,10-12,15-18H,6-7H2,1H3/q-1/t10-,11?,12+,13+,14?/m1/s1. The van der Waals surface area contributed by atoms with Crippen LogP contribution in [-0.4, -0.2) is 58.0 Å². The second-order valence-corrected chi connectivity index (χ2v) is 5.55. The van der Waals surface area contributed by atoms with E-state index in [0.29, 0.717) is 5.46 Å². The van der Waals surface area contributed by atoms with Crippen molar-refractivity contribution in [3.63, 3.8) is 0 Å². The molecular formula is C13H18BO7-. The number of rotatable bonds is 3. The van der Waals surface area contributed by atoms with E-state index in [2.05, 4.69) is 0 Å². The molecule has 2 fully saturated rings. The van der Waals surface area contributed by atoms with Crippen molar-refractivity contribution in [1.29, 1.82) is 0 Å². The van der Waals surface area contributed by atoms with Gasteiger partial charge in [0.25, 0.3) is 0 Å². The number of benzene rings is 1. The monoisotopic (exact) mass is 297 g/mol. The Balaban J connectivity index is 1.84. The zero-order chi connectivity index (χ0) is 15.3. The van der Waals surface area contributed by atoms with Crippen LogP contribution in [0.25, 0.3) is 0 Å². The molecule has 0 radical (unpaired) electrons. The van der Waals surface area contributed by atoms with Gasteiger partial charge in [-0.25, -0.2) is 0 Å². The smallest absolute Gasteiger partial charge is 0.411 e. The van der Waals surface area contributed by atoms with Gasteiger partial charge in [-0.3, -0.25) is 0 Å². The summed E-state index contributed by atoms with van der Waals surface area (Å²) in [4.78, 5) is 0. The van der Waals surface area contributed by atoms with Crippen molar-refractivity contribution in [2.75, 3.05) is 6.61 Å². The minimum atomic E-state index is -2.94. The van der Waals surface area contributed by atoms with Crippen LogP contribution >= 0.6 is 0 Å². The van der Waals surface area contributed by atoms with Crippen molar-refractivity contribution in [3.8, 4) is 0 Å². The molecule has 8 heteroatoms. The first-order valence-corrected chi connectivity index (χ1v) is 6.87. The molecule has 0 spiro atoms. The molecule has 2 heterocycles. The molecule has 2 aliphatic heterocycles. The fraction of sp³-hybridized carbons (Fsp3) is 0.538. The molecule has 0 bridgehead atoms. The summed E-state index contributed by atoms with van der Waals surface area (Å²) in [5, 5.41) is 39.9. The van der Waals surface area contributed by atoms with Gasteiger partial charge in [-0.15, -0.1) is 5.46 Å². The van der Waals surface area contributed by atoms with Gasteiger partial charge in [0.2, 0.25) is 5.79 Å². The molecule has 1 aromatic carbocycles. The van der Waals surface area contributed by atoms with Gasteiger partial charge in [0, 0.05) is 6.61 Å². The highest BCUT2D eigenvalue weighted by molar-refractivity contribution is 6.74. The lowest BCUT2D eigenvalue weighted by molar-refractivity contribution is -0.219. The normalized spacial score (nSPS) is 42.2. The molecule has 116 valence electrons. The molecule has 5 atom stereocenters. The minimum Gasteiger partial charge on any atom is -0.555 e. The fourth-order valence-corrected chi connectivity index (χ4v) is 2.75. The number of aliphatic hydroxyl groups is 3. The van der Waals surface area contributed by atoms with Crippen LogP contribution in [0.1, 0.15) is 12.0 Å². The Morgan fingerprint density at radius 3 is 2.52 bits per heavy atom. The van der Waals surface area contributed by atoms with Crippen molar-refractivity contribution < 1.29 is 34.4 Å². The Kier molecular flexibility index (Phi) is 3.57. The largest absolute Gasteiger partial charge is 0.555 e. The molecule has 21 heavy (non-hydrogen) atoms. The summed E-state index contributed by atoms with van der Waals surface area (Å²) in [5.41, 5.74) is 1.34. The lowest BCUT2D eigenvalue weighted by Gasteiger charge is -2.34. The van der Waals surface area contributed by atoms with Crippen LogP contribution in [0, 0.1) is 6.92 Å². The maximum Gasteiger partial charge on any atom is 0.411 e. The minimum absolute atomic E-state index is 0.128. The molecule has 2 unspecified atom stereocenters. The molecule has 2 saturated heterocycles. The van der Waals surface area contributed by atoms with Crippen LogP contribution in [0.2, 0.25) is 0 Å². The van der Waals surface area contributed by atoms with E-state index in [1.165, 1.54) is 0 Å². The van der Waals surface area contributed by atoms with Crippen molar-refractivity contribution in [2.24, 2.45) is 0 Å². The number of aryl methyl sites for hydroxylation is 1. The molecule has 7 nitrogen and oxygen atoms in total. The Hall–Kier alpha value is -0.995. The predicted molar refractivity (Wildman–Crippen MR) is 72.3 cm³/mol. The fourth-order valence-electron chi connectivity index (χ4n) is 2.75. The van der Waals surface area contributed by atoms with E-state index in [9.17, 15) is 15.2 Å². The quantitative estimate of drug-likeness (QED) is 0.494. The maximum atomic E-state index is 10.5. The van der Waals surface area contributed by atoms with Crippen LogP contribution in [0.4, 0.5) is 0 Å². The zero-order valence-electron chi connectivity index (χ0n) is 11.5. The molecule has 0 aromatic heterocycles. The number of ether oxygens (including phenoxy) is 1. The number of hydrogen-bond donors (Lipinski definition) is 4. The Morgan fingerprint density at radius 1 is 1.29 bits per heavy atom. The Morgan fingerprint density at radius 2 is 1.95 bits per heavy atom. The van der Waals surface area contributed by atoms with Crippen molar-refractivity contribution in [2.45, 2.75) is 37.6 Å². The van der Waals surface area contributed by atoms with E-state index in [1.54, 1.807) is 24.3 Å². The summed E-state index contributed by atoms with van der Waals surface area (Å²) in [7, 11) is 0. The van der Waals surface area contributed by atoms with Crippen LogP contribution in [0.5, 0.6) is 0 Å². The van der Waals surface area contributed by atoms with Gasteiger partial charge in [-0.1, -0.05) is 29.8 Å². The summed E-state index contributed by atoms with van der Waals surface area (Å²) in [6.45, 7) is -1.25. The lowest BCUT2D eigenvalue weighted by Crippen LogP contribution is -2.55. The van der Waals surface area contributed by atoms with Crippen LogP contribution in [0.3, 0.4) is 0 Å². The third-order valence-electron chi connectivity index (χ3n) is 3.98. The second-order valence-electron chi connectivity index (χ2n) is 5.55. The van der Waals surface area contributed by atoms with E-state index >= 15 is 0 Å². The SMILES string of the molecule is Cc1ccc([B-]2(O)O[C@@H]3O[C@H](CCO)C(O)[C@]3(O)O2)cc1. The third kappa shape index (κ3) is 2.29. The van der Waals surface area contributed by atoms with E-state index in [0.717, 1.165) is 5.56 Å². The number of hydrogen-bond acceptors (Lipinski definition) is 7. The van der Waals surface area contributed by atoms with Crippen LogP contribution < -0.4 is 5.46 Å². The topological polar surface area (TPSA) is 109 Å². The predicted octanol–water partition coefficient (Wildman–Crippen LogP) is -1.66. The van der Waals surface area contributed by atoms with Crippen molar-refractivity contribution in [3.05, 3.63) is 29.8 Å². The molecule has 0 aliphatic carbocycles. The van der Waals surface area contributed by atoms with Gasteiger partial charge >= 0.3 is 6.75 Å². The van der Waals surface area contributed by atoms with Gasteiger partial charge in [0.15, 0.2) is 6.29 Å². The molecule has 0 saturated carbocycles. The molecule has 0 amide bonds. The van der Waals surface area contributed by atoms with Gasteiger partial charge < -0.3 is 34.4 Å². The van der Waals surface area contributed by atoms with Crippen LogP contribution in [-0.2, 0) is 14.0 Å². The summed E-state index contributed by atoms with van der Waals surface area (Å²) in [6.07, 6.45) is -3.42. The van der Waals surface area contributed by atoms with Gasteiger partial charge in [-0.05, 0) is 13.3 Å². The number of fused-ring (bicyclic) bond motifs is 1. The van der Waals surface area contributed by atoms with E-state index in [1.807, 2.05) is 6.92 Å². The number of aliphatic hydroxyl groups excluding tert-OH is 2. The van der Waals surface area contributed by atoms with Crippen LogP contribution in [0.15, 0.2) is 24.3 Å². The third-order valence-corrected chi connectivity index (χ3v) is 3.98. The Bertz CT molecular complexity index is 524. The summed E-state index contributed by atoms with van der Waals surface area (Å²) in [5.74, 6) is -2.15. The first-order valence-electron chi connectivity index (χ1n) is 6.87. The first kappa shape index (κ1) is 14.9. The highest BCUT2D eigenvalue weighted by atomic mass is 16.9. The molecular weight excluding hydrogens is 279 g/mol. The Labute approximate surface area is 121 Å². The molecule has 1 aromatic rings. The summed E-state index contributed by atoms with van der Waals surface area (Å²) in [6, 6.07) is 6.78. The first-order chi connectivity index (χ1) is 9.89. The molecule has 3 rings (SSSR count). The highest BCUT2D eigenvalue weighted by Crippen LogP contribution is 2.42. The maximum absolute atomic E-state index is 10.5. The highest BCUT2D eigenvalue weighted by Gasteiger charge is 2.63. The van der Waals surface area contributed by atoms with E-state index in [-0.39, 0.29) is 13.0 Å². The molecule has 4 N–H and O–H groups in total. The summed E-state index contributed by atoms with van der Waals surface area (Å²) < 4.78 is 15.9.